The zero-order chi connectivity index (χ0) is 37.7. The molecule has 4 atom stereocenters. The zero-order valence-corrected chi connectivity index (χ0v) is 30.9. The summed E-state index contributed by atoms with van der Waals surface area (Å²) in [6.07, 6.45) is 4.24. The van der Waals surface area contributed by atoms with Crippen molar-refractivity contribution in [3.8, 4) is 0 Å². The van der Waals surface area contributed by atoms with Crippen LogP contribution in [0, 0.1) is 11.3 Å². The average Bonchev–Trinajstić information content (AvgIpc) is 3.12. The number of rotatable bonds is 17. The first kappa shape index (κ1) is 40.3. The molecular weight excluding hydrogens is 660 g/mol. The predicted molar refractivity (Wildman–Crippen MR) is 201 cm³/mol. The smallest absolute Gasteiger partial charge is 0.317 e. The van der Waals surface area contributed by atoms with E-state index in [2.05, 4.69) is 21.3 Å². The number of hydrogen-bond acceptors (Lipinski definition) is 7. The zero-order valence-electron chi connectivity index (χ0n) is 30.9. The molecule has 13 heteroatoms. The van der Waals surface area contributed by atoms with Crippen LogP contribution in [-0.2, 0) is 32.0 Å². The number of hydrogen-bond donors (Lipinski definition) is 6. The van der Waals surface area contributed by atoms with Gasteiger partial charge in [0.15, 0.2) is 0 Å². The molecule has 2 heterocycles. The van der Waals surface area contributed by atoms with E-state index in [0.29, 0.717) is 64.8 Å². The molecule has 0 unspecified atom stereocenters. The molecule has 13 nitrogen and oxygen atoms in total. The predicted octanol–water partition coefficient (Wildman–Crippen LogP) is 1.69. The summed E-state index contributed by atoms with van der Waals surface area (Å²) in [5.41, 5.74) is 13.7. The Morgan fingerprint density at radius 2 is 1.27 bits per heavy atom. The Hall–Kier alpha value is -4.49. The van der Waals surface area contributed by atoms with Gasteiger partial charge in [0.05, 0.1) is 6.04 Å². The van der Waals surface area contributed by atoms with Crippen LogP contribution in [0.15, 0.2) is 60.7 Å². The third-order valence-corrected chi connectivity index (χ3v) is 10.1. The molecule has 8 N–H and O–H groups in total. The summed E-state index contributed by atoms with van der Waals surface area (Å²) in [4.78, 5) is 70.7. The summed E-state index contributed by atoms with van der Waals surface area (Å²) >= 11 is 0. The number of carbonyl (C=O) groups excluding carboxylic acids is 5. The first-order chi connectivity index (χ1) is 24.9. The fraction of sp³-hybridized carbons (Fsp3) is 0.564. The van der Waals surface area contributed by atoms with Gasteiger partial charge in [-0.3, -0.25) is 19.2 Å². The van der Waals surface area contributed by atoms with Crippen LogP contribution < -0.4 is 32.7 Å². The van der Waals surface area contributed by atoms with Crippen molar-refractivity contribution in [1.82, 2.24) is 31.1 Å². The van der Waals surface area contributed by atoms with Crippen molar-refractivity contribution < 1.29 is 24.0 Å². The number of benzene rings is 2. The summed E-state index contributed by atoms with van der Waals surface area (Å²) in [6.45, 7) is 6.82. The quantitative estimate of drug-likeness (QED) is 0.134. The first-order valence-electron chi connectivity index (χ1n) is 18.6. The van der Waals surface area contributed by atoms with Gasteiger partial charge in [0.1, 0.15) is 18.1 Å². The molecule has 0 bridgehead atoms. The van der Waals surface area contributed by atoms with Gasteiger partial charge >= 0.3 is 6.03 Å². The van der Waals surface area contributed by atoms with Crippen LogP contribution in [0.25, 0.3) is 0 Å². The lowest BCUT2D eigenvalue weighted by molar-refractivity contribution is -0.150. The van der Waals surface area contributed by atoms with Crippen LogP contribution in [0.3, 0.4) is 0 Å². The number of amides is 6. The summed E-state index contributed by atoms with van der Waals surface area (Å²) in [5, 5.41) is 11.4. The molecule has 4 rings (SSSR count). The number of unbranched alkanes of at least 4 members (excludes halogenated alkanes) is 1. The SMILES string of the molecule is CNC(=O)N1CCC2(CC1)CN(C(=O)[C@@H](CCCCN)NC(=O)[C@@H](CC(C)C)NC(=O)[C@@H](Cc1ccccc1)NC(=O)[C@H](N)Cc1ccccc1)C2. The second-order valence-corrected chi connectivity index (χ2v) is 14.8. The average molecular weight is 719 g/mol. The van der Waals surface area contributed by atoms with Crippen LogP contribution in [0.5, 0.6) is 0 Å². The minimum atomic E-state index is -0.992. The van der Waals surface area contributed by atoms with Crippen molar-refractivity contribution in [3.63, 3.8) is 0 Å². The van der Waals surface area contributed by atoms with Crippen molar-refractivity contribution in [3.05, 3.63) is 71.8 Å². The van der Waals surface area contributed by atoms with E-state index in [4.69, 9.17) is 11.5 Å². The van der Waals surface area contributed by atoms with E-state index >= 15 is 0 Å². The highest BCUT2D eigenvalue weighted by Gasteiger charge is 2.48. The number of carbonyl (C=O) groups is 5. The van der Waals surface area contributed by atoms with Gasteiger partial charge < -0.3 is 42.5 Å². The van der Waals surface area contributed by atoms with E-state index in [0.717, 1.165) is 24.0 Å². The summed E-state index contributed by atoms with van der Waals surface area (Å²) in [7, 11) is 1.62. The Morgan fingerprint density at radius 3 is 1.83 bits per heavy atom. The maximum atomic E-state index is 14.0. The van der Waals surface area contributed by atoms with Gasteiger partial charge in [-0.1, -0.05) is 74.5 Å². The minimum absolute atomic E-state index is 0.0258. The van der Waals surface area contributed by atoms with Gasteiger partial charge in [-0.25, -0.2) is 4.79 Å². The highest BCUT2D eigenvalue weighted by Crippen LogP contribution is 2.40. The fourth-order valence-electron chi connectivity index (χ4n) is 7.09. The van der Waals surface area contributed by atoms with Gasteiger partial charge in [0.25, 0.3) is 0 Å². The molecule has 52 heavy (non-hydrogen) atoms. The maximum absolute atomic E-state index is 14.0. The van der Waals surface area contributed by atoms with Gasteiger partial charge in [-0.05, 0) is 68.5 Å². The number of nitrogens with two attached hydrogens (primary N) is 2. The van der Waals surface area contributed by atoms with Crippen LogP contribution in [-0.4, -0.2) is 103 Å². The van der Waals surface area contributed by atoms with Crippen LogP contribution in [0.4, 0.5) is 4.79 Å². The van der Waals surface area contributed by atoms with Crippen LogP contribution >= 0.6 is 0 Å². The van der Waals surface area contributed by atoms with Crippen molar-refractivity contribution >= 4 is 29.7 Å². The Balaban J connectivity index is 1.44. The van der Waals surface area contributed by atoms with E-state index in [1.165, 1.54) is 0 Å². The minimum Gasteiger partial charge on any atom is -0.343 e. The normalized spacial score (nSPS) is 17.3. The highest BCUT2D eigenvalue weighted by atomic mass is 16.2. The molecule has 2 aromatic carbocycles. The number of nitrogens with zero attached hydrogens (tertiary/aromatic N) is 2. The van der Waals surface area contributed by atoms with Gasteiger partial charge in [-0.2, -0.15) is 0 Å². The molecule has 2 aliphatic heterocycles. The third kappa shape index (κ3) is 11.5. The largest absolute Gasteiger partial charge is 0.343 e. The number of urea groups is 1. The third-order valence-electron chi connectivity index (χ3n) is 10.1. The molecule has 0 radical (unpaired) electrons. The van der Waals surface area contributed by atoms with E-state index in [9.17, 15) is 24.0 Å². The topological polar surface area (TPSA) is 192 Å². The number of likely N-dealkylation sites (tertiary alicyclic amines) is 2. The Kier molecular flexibility index (Phi) is 15.0. The van der Waals surface area contributed by atoms with Crippen LogP contribution in [0.1, 0.15) is 63.5 Å². The van der Waals surface area contributed by atoms with Crippen molar-refractivity contribution in [1.29, 1.82) is 0 Å². The fourth-order valence-corrected chi connectivity index (χ4v) is 7.09. The van der Waals surface area contributed by atoms with Gasteiger partial charge in [0.2, 0.25) is 23.6 Å². The van der Waals surface area contributed by atoms with Crippen molar-refractivity contribution in [2.75, 3.05) is 39.8 Å². The molecular formula is C39H58N8O5. The van der Waals surface area contributed by atoms with Gasteiger partial charge in [0, 0.05) is 45.1 Å². The lowest BCUT2D eigenvalue weighted by Crippen LogP contribution is -2.66. The lowest BCUT2D eigenvalue weighted by atomic mass is 9.71. The first-order valence-corrected chi connectivity index (χ1v) is 18.6. The Bertz CT molecular complexity index is 1470. The van der Waals surface area contributed by atoms with Crippen LogP contribution in [0.2, 0.25) is 0 Å². The second-order valence-electron chi connectivity index (χ2n) is 14.8. The van der Waals surface area contributed by atoms with E-state index in [1.807, 2.05) is 74.5 Å². The number of piperidine rings is 1. The Morgan fingerprint density at radius 1 is 0.731 bits per heavy atom. The second kappa shape index (κ2) is 19.4. The molecule has 0 aliphatic carbocycles. The van der Waals surface area contributed by atoms with Gasteiger partial charge in [-0.15, -0.1) is 0 Å². The highest BCUT2D eigenvalue weighted by molar-refractivity contribution is 5.95. The lowest BCUT2D eigenvalue weighted by Gasteiger charge is -2.54. The Labute approximate surface area is 308 Å². The molecule has 0 aromatic heterocycles. The van der Waals surface area contributed by atoms with Crippen molar-refractivity contribution in [2.24, 2.45) is 22.8 Å². The molecule has 2 fully saturated rings. The summed E-state index contributed by atoms with van der Waals surface area (Å²) < 4.78 is 0. The van der Waals surface area contributed by atoms with Crippen molar-refractivity contribution in [2.45, 2.75) is 89.4 Å². The van der Waals surface area contributed by atoms with E-state index < -0.39 is 41.9 Å². The maximum Gasteiger partial charge on any atom is 0.317 e. The monoisotopic (exact) mass is 718 g/mol. The molecule has 0 saturated carbocycles. The molecule has 284 valence electrons. The molecule has 2 aromatic rings. The molecule has 2 aliphatic rings. The molecule has 1 spiro atoms. The summed E-state index contributed by atoms with van der Waals surface area (Å²) in [5.74, 6) is -1.54. The molecule has 2 saturated heterocycles. The molecule has 6 amide bonds. The number of nitrogens with one attached hydrogen (secondary N) is 4. The van der Waals surface area contributed by atoms with E-state index in [1.54, 1.807) is 16.8 Å². The van der Waals surface area contributed by atoms with E-state index in [-0.39, 0.29) is 29.7 Å². The summed E-state index contributed by atoms with van der Waals surface area (Å²) in [6, 6.07) is 15.1. The standard InChI is InChI=1S/C39H58N8O5/c1-27(2)22-32(45-36(50)33(24-29-14-8-5-9-15-29)44-34(48)30(41)23-28-12-6-4-7-13-28)35(49)43-31(16-10-11-19-40)37(51)47-25-39(26-47)17-20-46(21-18-39)38(52)42-3/h4-9,12-15,27,30-33H,10-11,16-26,40-41H2,1-3H3,(H,42,52)(H,43,49)(H,44,48)(H,45,50)/t30-,31-,32-,33-/m1/s1.